The second-order valence-corrected chi connectivity index (χ2v) is 5.12. The number of hydrogen-bond acceptors (Lipinski definition) is 5. The molecule has 1 N–H and O–H groups in total. The third-order valence-electron chi connectivity index (χ3n) is 3.86. The summed E-state index contributed by atoms with van der Waals surface area (Å²) in [5, 5.41) is 12.1. The Morgan fingerprint density at radius 1 is 1.52 bits per heavy atom. The highest BCUT2D eigenvalue weighted by Crippen LogP contribution is 2.24. The number of carbonyl (C=O) groups is 1. The number of benzene rings is 1. The summed E-state index contributed by atoms with van der Waals surface area (Å²) in [5.41, 5.74) is 1.75. The van der Waals surface area contributed by atoms with E-state index in [1.54, 1.807) is 0 Å². The Bertz CT molecular complexity index is 521. The van der Waals surface area contributed by atoms with E-state index < -0.39 is 0 Å². The fourth-order valence-corrected chi connectivity index (χ4v) is 2.67. The van der Waals surface area contributed by atoms with Crippen molar-refractivity contribution < 1.29 is 9.53 Å². The molecule has 0 aliphatic carbocycles. The topological polar surface area (TPSA) is 65.4 Å². The number of nitrogens with zero attached hydrogens (tertiary/aromatic N) is 2. The van der Waals surface area contributed by atoms with Crippen LogP contribution >= 0.6 is 0 Å². The Kier molecular flexibility index (Phi) is 5.32. The minimum atomic E-state index is -0.260. The normalized spacial score (nSPS) is 20.5. The lowest BCUT2D eigenvalue weighted by Gasteiger charge is -2.38. The maximum absolute atomic E-state index is 12.1. The van der Waals surface area contributed by atoms with E-state index in [4.69, 9.17) is 10.00 Å². The van der Waals surface area contributed by atoms with Crippen LogP contribution in [0.2, 0.25) is 0 Å². The zero-order valence-corrected chi connectivity index (χ0v) is 12.5. The lowest BCUT2D eigenvalue weighted by molar-refractivity contribution is -0.151. The van der Waals surface area contributed by atoms with Gasteiger partial charge < -0.3 is 10.1 Å². The Balaban J connectivity index is 2.15. The zero-order valence-electron chi connectivity index (χ0n) is 12.5. The predicted octanol–water partition coefficient (Wildman–Crippen LogP) is 1.46. The summed E-state index contributed by atoms with van der Waals surface area (Å²) in [6.45, 7) is 6.57. The van der Waals surface area contributed by atoms with Crippen LogP contribution in [0.1, 0.15) is 31.0 Å². The molecule has 0 bridgehead atoms. The van der Waals surface area contributed by atoms with Gasteiger partial charge in [-0.1, -0.05) is 12.1 Å². The lowest BCUT2D eigenvalue weighted by Crippen LogP contribution is -2.55. The molecule has 2 unspecified atom stereocenters. The van der Waals surface area contributed by atoms with Crippen molar-refractivity contribution in [2.45, 2.75) is 25.9 Å². The minimum absolute atomic E-state index is 0.106. The van der Waals surface area contributed by atoms with Gasteiger partial charge in [0, 0.05) is 25.7 Å². The number of hydrogen-bond donors (Lipinski definition) is 1. The van der Waals surface area contributed by atoms with Crippen LogP contribution in [0.15, 0.2) is 24.3 Å². The molecule has 0 amide bonds. The van der Waals surface area contributed by atoms with E-state index >= 15 is 0 Å². The second kappa shape index (κ2) is 7.21. The lowest BCUT2D eigenvalue weighted by atomic mass is 10.0. The highest BCUT2D eigenvalue weighted by Gasteiger charge is 2.33. The molecule has 2 rings (SSSR count). The van der Waals surface area contributed by atoms with Crippen molar-refractivity contribution in [3.63, 3.8) is 0 Å². The molecule has 1 aromatic carbocycles. The fourth-order valence-electron chi connectivity index (χ4n) is 2.67. The van der Waals surface area contributed by atoms with E-state index in [-0.39, 0.29) is 18.1 Å². The molecule has 1 saturated heterocycles. The summed E-state index contributed by atoms with van der Waals surface area (Å²) in [4.78, 5) is 14.3. The van der Waals surface area contributed by atoms with Crippen molar-refractivity contribution in [1.82, 2.24) is 10.2 Å². The smallest absolute Gasteiger partial charge is 0.324 e. The van der Waals surface area contributed by atoms with Crippen LogP contribution in [-0.4, -0.2) is 43.2 Å². The summed E-state index contributed by atoms with van der Waals surface area (Å²) < 4.78 is 5.17. The van der Waals surface area contributed by atoms with Crippen LogP contribution < -0.4 is 5.32 Å². The highest BCUT2D eigenvalue weighted by atomic mass is 16.5. The van der Waals surface area contributed by atoms with Gasteiger partial charge in [0.25, 0.3) is 0 Å². The number of esters is 1. The number of nitriles is 1. The summed E-state index contributed by atoms with van der Waals surface area (Å²) >= 11 is 0. The van der Waals surface area contributed by atoms with E-state index in [0.29, 0.717) is 18.7 Å². The van der Waals surface area contributed by atoms with Crippen LogP contribution in [0.3, 0.4) is 0 Å². The van der Waals surface area contributed by atoms with E-state index in [2.05, 4.69) is 23.2 Å². The van der Waals surface area contributed by atoms with E-state index in [9.17, 15) is 4.79 Å². The van der Waals surface area contributed by atoms with Gasteiger partial charge in [-0.05, 0) is 31.5 Å². The van der Waals surface area contributed by atoms with Crippen LogP contribution in [0.4, 0.5) is 0 Å². The molecule has 1 heterocycles. The molecule has 0 radical (unpaired) electrons. The van der Waals surface area contributed by atoms with Crippen molar-refractivity contribution in [1.29, 1.82) is 5.26 Å². The Labute approximate surface area is 125 Å². The minimum Gasteiger partial charge on any atom is -0.465 e. The maximum atomic E-state index is 12.1. The molecule has 0 spiro atoms. The average molecular weight is 287 g/mol. The van der Waals surface area contributed by atoms with Gasteiger partial charge in [-0.3, -0.25) is 9.69 Å². The van der Waals surface area contributed by atoms with Crippen LogP contribution in [-0.2, 0) is 9.53 Å². The van der Waals surface area contributed by atoms with Crippen molar-refractivity contribution in [2.75, 3.05) is 26.2 Å². The zero-order chi connectivity index (χ0) is 15.2. The molecule has 0 aromatic heterocycles. The number of piperazine rings is 1. The number of ether oxygens (including phenoxy) is 1. The number of nitrogens with one attached hydrogen (secondary N) is 1. The van der Waals surface area contributed by atoms with Crippen molar-refractivity contribution >= 4 is 5.97 Å². The van der Waals surface area contributed by atoms with Crippen molar-refractivity contribution in [2.24, 2.45) is 0 Å². The van der Waals surface area contributed by atoms with Gasteiger partial charge in [0.15, 0.2) is 0 Å². The molecular weight excluding hydrogens is 266 g/mol. The first kappa shape index (κ1) is 15.5. The molecule has 5 heteroatoms. The molecular formula is C16H21N3O2. The van der Waals surface area contributed by atoms with Gasteiger partial charge in [-0.2, -0.15) is 5.26 Å². The molecule has 1 aliphatic rings. The number of carbonyl (C=O) groups excluding carboxylic acids is 1. The largest absolute Gasteiger partial charge is 0.465 e. The predicted molar refractivity (Wildman–Crippen MR) is 79.6 cm³/mol. The van der Waals surface area contributed by atoms with E-state index in [0.717, 1.165) is 18.7 Å². The first-order valence-electron chi connectivity index (χ1n) is 7.30. The van der Waals surface area contributed by atoms with Crippen molar-refractivity contribution in [3.8, 4) is 6.07 Å². The maximum Gasteiger partial charge on any atom is 0.324 e. The van der Waals surface area contributed by atoms with Gasteiger partial charge in [0.1, 0.15) is 6.04 Å². The summed E-state index contributed by atoms with van der Waals surface area (Å²) in [7, 11) is 0. The number of rotatable bonds is 4. The molecule has 0 saturated carbocycles. The molecule has 1 fully saturated rings. The first-order valence-corrected chi connectivity index (χ1v) is 7.30. The van der Waals surface area contributed by atoms with Gasteiger partial charge in [0.2, 0.25) is 0 Å². The molecule has 1 aromatic rings. The third-order valence-corrected chi connectivity index (χ3v) is 3.86. The first-order chi connectivity index (χ1) is 10.2. The summed E-state index contributed by atoms with van der Waals surface area (Å²) in [6, 6.07) is 9.49. The van der Waals surface area contributed by atoms with Crippen molar-refractivity contribution in [3.05, 3.63) is 35.4 Å². The van der Waals surface area contributed by atoms with Gasteiger partial charge in [-0.25, -0.2) is 0 Å². The van der Waals surface area contributed by atoms with Gasteiger partial charge in [-0.15, -0.1) is 0 Å². The monoisotopic (exact) mass is 287 g/mol. The highest BCUT2D eigenvalue weighted by molar-refractivity contribution is 5.76. The molecule has 21 heavy (non-hydrogen) atoms. The Morgan fingerprint density at radius 2 is 2.24 bits per heavy atom. The Hall–Kier alpha value is -1.90. The summed E-state index contributed by atoms with van der Waals surface area (Å²) in [6.07, 6.45) is 0. The third kappa shape index (κ3) is 3.60. The quantitative estimate of drug-likeness (QED) is 0.849. The molecule has 112 valence electrons. The average Bonchev–Trinajstić information content (AvgIpc) is 2.54. The standard InChI is InChI=1S/C16H21N3O2/c1-3-21-16(20)15-11-18-8-9-19(15)12(2)14-6-4-13(10-17)5-7-14/h4-7,12,15,18H,3,8-9,11H2,1-2H3. The molecule has 5 nitrogen and oxygen atoms in total. The van der Waals surface area contributed by atoms with Gasteiger partial charge >= 0.3 is 5.97 Å². The van der Waals surface area contributed by atoms with E-state index in [1.807, 2.05) is 31.2 Å². The van der Waals surface area contributed by atoms with Crippen LogP contribution in [0.25, 0.3) is 0 Å². The molecule has 2 atom stereocenters. The van der Waals surface area contributed by atoms with Crippen LogP contribution in [0.5, 0.6) is 0 Å². The van der Waals surface area contributed by atoms with Gasteiger partial charge in [0.05, 0.1) is 18.2 Å². The van der Waals surface area contributed by atoms with E-state index in [1.165, 1.54) is 0 Å². The summed E-state index contributed by atoms with van der Waals surface area (Å²) in [5.74, 6) is -0.176. The van der Waals surface area contributed by atoms with Crippen LogP contribution in [0, 0.1) is 11.3 Å². The SMILES string of the molecule is CCOC(=O)C1CNCCN1C(C)c1ccc(C#N)cc1. The second-order valence-electron chi connectivity index (χ2n) is 5.12. The fraction of sp³-hybridized carbons (Fsp3) is 0.500. The Morgan fingerprint density at radius 3 is 2.86 bits per heavy atom. The molecule has 1 aliphatic heterocycles.